The molecule has 2 aromatic rings. The molecule has 0 spiro atoms. The Balaban J connectivity index is 1.82. The third-order valence-electron chi connectivity index (χ3n) is 5.02. The van der Waals surface area contributed by atoms with Crippen LogP contribution in [0.2, 0.25) is 0 Å². The second kappa shape index (κ2) is 5.52. The maximum atomic E-state index is 2.40. The summed E-state index contributed by atoms with van der Waals surface area (Å²) in [6, 6.07) is 14.1. The van der Waals surface area contributed by atoms with Crippen LogP contribution in [0, 0.1) is 0 Å². The number of rotatable bonds is 0. The summed E-state index contributed by atoms with van der Waals surface area (Å²) in [7, 11) is 0. The second-order valence-corrected chi connectivity index (χ2v) is 6.39. The van der Waals surface area contributed by atoms with Crippen molar-refractivity contribution in [3.63, 3.8) is 0 Å². The lowest BCUT2D eigenvalue weighted by Crippen LogP contribution is -2.05. The van der Waals surface area contributed by atoms with Crippen molar-refractivity contribution in [3.05, 3.63) is 75.9 Å². The Morgan fingerprint density at radius 3 is 2.05 bits per heavy atom. The molecule has 0 aliphatic heterocycles. The normalized spacial score (nSPS) is 17.0. The highest BCUT2D eigenvalue weighted by Gasteiger charge is 2.14. The van der Waals surface area contributed by atoms with Crippen LogP contribution in [0.4, 0.5) is 0 Å². The zero-order valence-corrected chi connectivity index (χ0v) is 12.6. The minimum absolute atomic E-state index is 1.15. The topological polar surface area (TPSA) is 0 Å². The Hall–Kier alpha value is -1.82. The molecular formula is C21H22. The van der Waals surface area contributed by atoms with Gasteiger partial charge >= 0.3 is 0 Å². The number of hydrogen-bond acceptors (Lipinski definition) is 0. The van der Waals surface area contributed by atoms with Gasteiger partial charge in [-0.05, 0) is 78.3 Å². The molecule has 106 valence electrons. The summed E-state index contributed by atoms with van der Waals surface area (Å²) in [5.41, 5.74) is 9.23. The molecule has 4 bridgehead atoms. The molecule has 0 fully saturated rings. The van der Waals surface area contributed by atoms with E-state index in [1.807, 2.05) is 0 Å². The van der Waals surface area contributed by atoms with Gasteiger partial charge < -0.3 is 0 Å². The van der Waals surface area contributed by atoms with E-state index in [9.17, 15) is 0 Å². The average Bonchev–Trinajstić information content (AvgIpc) is 2.76. The number of benzene rings is 2. The Morgan fingerprint density at radius 1 is 0.619 bits per heavy atom. The Kier molecular flexibility index (Phi) is 3.39. The minimum atomic E-state index is 1.15. The molecule has 0 heteroatoms. The van der Waals surface area contributed by atoms with Gasteiger partial charge in [-0.3, -0.25) is 0 Å². The van der Waals surface area contributed by atoms with Gasteiger partial charge in [0, 0.05) is 0 Å². The van der Waals surface area contributed by atoms with Gasteiger partial charge in [0.2, 0.25) is 0 Å². The maximum Gasteiger partial charge on any atom is -0.0193 e. The quantitative estimate of drug-likeness (QED) is 0.639. The van der Waals surface area contributed by atoms with E-state index in [0.29, 0.717) is 0 Å². The third-order valence-corrected chi connectivity index (χ3v) is 5.02. The fourth-order valence-electron chi connectivity index (χ4n) is 3.74. The maximum absolute atomic E-state index is 2.40. The average molecular weight is 274 g/mol. The summed E-state index contributed by atoms with van der Waals surface area (Å²) in [5, 5.41) is 0. The van der Waals surface area contributed by atoms with Crippen molar-refractivity contribution in [2.24, 2.45) is 0 Å². The van der Waals surface area contributed by atoms with E-state index in [0.717, 1.165) is 19.3 Å². The molecule has 0 atom stereocenters. The molecule has 0 N–H and O–H groups in total. The van der Waals surface area contributed by atoms with E-state index in [1.165, 1.54) is 42.4 Å². The zero-order chi connectivity index (χ0) is 14.1. The first kappa shape index (κ1) is 12.9. The van der Waals surface area contributed by atoms with E-state index in [2.05, 4.69) is 48.6 Å². The predicted molar refractivity (Wildman–Crippen MR) is 89.7 cm³/mol. The molecule has 0 radical (unpaired) electrons. The molecule has 0 amide bonds. The molecule has 2 aromatic carbocycles. The molecule has 0 aromatic heterocycles. The Labute approximate surface area is 127 Å². The van der Waals surface area contributed by atoms with E-state index in [4.69, 9.17) is 0 Å². The molecule has 21 heavy (non-hydrogen) atoms. The molecule has 0 saturated carbocycles. The fraction of sp³-hybridized carbons (Fsp3) is 0.333. The van der Waals surface area contributed by atoms with Crippen LogP contribution in [-0.4, -0.2) is 0 Å². The molecule has 0 nitrogen and oxygen atoms in total. The Bertz CT molecular complexity index is 674. The van der Waals surface area contributed by atoms with Crippen molar-refractivity contribution in [1.82, 2.24) is 0 Å². The lowest BCUT2D eigenvalue weighted by atomic mass is 9.87. The SMILES string of the molecule is C1=Cc2c3ccc(c2CCC1)CCc1ccc(cc1)CC3. The van der Waals surface area contributed by atoms with Crippen LogP contribution in [0.5, 0.6) is 0 Å². The molecule has 5 aliphatic rings. The van der Waals surface area contributed by atoms with E-state index >= 15 is 0 Å². The second-order valence-electron chi connectivity index (χ2n) is 6.39. The van der Waals surface area contributed by atoms with Crippen LogP contribution in [-0.2, 0) is 32.1 Å². The highest BCUT2D eigenvalue weighted by atomic mass is 14.2. The van der Waals surface area contributed by atoms with Crippen LogP contribution >= 0.6 is 0 Å². The first-order valence-corrected chi connectivity index (χ1v) is 8.28. The van der Waals surface area contributed by atoms with E-state index in [1.54, 1.807) is 16.7 Å². The van der Waals surface area contributed by atoms with Crippen LogP contribution in [0.1, 0.15) is 46.2 Å². The first-order valence-electron chi connectivity index (χ1n) is 8.28. The van der Waals surface area contributed by atoms with Crippen LogP contribution in [0.15, 0.2) is 42.5 Å². The monoisotopic (exact) mass is 274 g/mol. The summed E-state index contributed by atoms with van der Waals surface area (Å²) >= 11 is 0. The summed E-state index contributed by atoms with van der Waals surface area (Å²) < 4.78 is 0. The number of aryl methyl sites for hydroxylation is 4. The summed E-state index contributed by atoms with van der Waals surface area (Å²) in [6.45, 7) is 0. The molecule has 0 saturated heterocycles. The molecular weight excluding hydrogens is 252 g/mol. The van der Waals surface area contributed by atoms with E-state index < -0.39 is 0 Å². The number of hydrogen-bond donors (Lipinski definition) is 0. The summed E-state index contributed by atoms with van der Waals surface area (Å²) in [4.78, 5) is 0. The lowest BCUT2D eigenvalue weighted by molar-refractivity contribution is 0.823. The highest BCUT2D eigenvalue weighted by molar-refractivity contribution is 5.61. The van der Waals surface area contributed by atoms with Gasteiger partial charge in [0.25, 0.3) is 0 Å². The van der Waals surface area contributed by atoms with Gasteiger partial charge in [-0.15, -0.1) is 0 Å². The Morgan fingerprint density at radius 2 is 1.29 bits per heavy atom. The van der Waals surface area contributed by atoms with Gasteiger partial charge in [-0.2, -0.15) is 0 Å². The largest absolute Gasteiger partial charge is 0.0839 e. The smallest absolute Gasteiger partial charge is 0.0193 e. The van der Waals surface area contributed by atoms with Crippen molar-refractivity contribution in [1.29, 1.82) is 0 Å². The van der Waals surface area contributed by atoms with Crippen molar-refractivity contribution in [3.8, 4) is 0 Å². The standard InChI is InChI=1S/C21H22/c1-2-4-20-18-12-10-16-6-8-17(9-7-16)11-13-19(15-14-18)21(20)5-3-1/h2,4,6-9,14-15H,1,3,5,10-13H2. The van der Waals surface area contributed by atoms with Crippen molar-refractivity contribution < 1.29 is 0 Å². The molecule has 0 heterocycles. The van der Waals surface area contributed by atoms with Crippen LogP contribution in [0.25, 0.3) is 6.08 Å². The van der Waals surface area contributed by atoms with Gasteiger partial charge in [-0.25, -0.2) is 0 Å². The van der Waals surface area contributed by atoms with Crippen molar-refractivity contribution in [2.45, 2.75) is 44.9 Å². The predicted octanol–water partition coefficient (Wildman–Crippen LogP) is 4.92. The van der Waals surface area contributed by atoms with Gasteiger partial charge in [-0.1, -0.05) is 48.6 Å². The van der Waals surface area contributed by atoms with Gasteiger partial charge in [0.15, 0.2) is 0 Å². The first-order chi connectivity index (χ1) is 10.4. The summed E-state index contributed by atoms with van der Waals surface area (Å²) in [5.74, 6) is 0. The van der Waals surface area contributed by atoms with Crippen LogP contribution < -0.4 is 0 Å². The lowest BCUT2D eigenvalue weighted by Gasteiger charge is -2.17. The van der Waals surface area contributed by atoms with Gasteiger partial charge in [0.1, 0.15) is 0 Å². The third kappa shape index (κ3) is 2.55. The van der Waals surface area contributed by atoms with Crippen molar-refractivity contribution in [2.75, 3.05) is 0 Å². The van der Waals surface area contributed by atoms with Crippen molar-refractivity contribution >= 4 is 6.08 Å². The molecule has 0 unspecified atom stereocenters. The van der Waals surface area contributed by atoms with Gasteiger partial charge in [0.05, 0.1) is 0 Å². The fourth-order valence-corrected chi connectivity index (χ4v) is 3.74. The highest BCUT2D eigenvalue weighted by Crippen LogP contribution is 2.28. The molecule has 7 rings (SSSR count). The van der Waals surface area contributed by atoms with E-state index in [-0.39, 0.29) is 0 Å². The zero-order valence-electron chi connectivity index (χ0n) is 12.6. The van der Waals surface area contributed by atoms with Crippen LogP contribution in [0.3, 0.4) is 0 Å². The number of allylic oxidation sites excluding steroid dienone is 1. The minimum Gasteiger partial charge on any atom is -0.0839 e. The molecule has 5 aliphatic carbocycles. The summed E-state index contributed by atoms with van der Waals surface area (Å²) in [6.07, 6.45) is 13.2.